The summed E-state index contributed by atoms with van der Waals surface area (Å²) in [4.78, 5) is 14.7. The van der Waals surface area contributed by atoms with E-state index in [-0.39, 0.29) is 24.0 Å². The Hall–Kier alpha value is -1.11. The summed E-state index contributed by atoms with van der Waals surface area (Å²) in [5.41, 5.74) is 1.99. The summed E-state index contributed by atoms with van der Waals surface area (Å²) in [6.45, 7) is 8.87. The number of unbranched alkanes of at least 4 members (excludes halogenated alkanes) is 2. The Morgan fingerprint density at radius 2 is 1.30 bits per heavy atom. The molecule has 0 aliphatic carbocycles. The van der Waals surface area contributed by atoms with Gasteiger partial charge < -0.3 is 9.80 Å². The van der Waals surface area contributed by atoms with Crippen molar-refractivity contribution in [1.29, 1.82) is 0 Å². The lowest BCUT2D eigenvalue weighted by molar-refractivity contribution is 0.584. The van der Waals surface area contributed by atoms with Crippen LogP contribution in [-0.4, -0.2) is 29.2 Å². The van der Waals surface area contributed by atoms with Gasteiger partial charge in [0.2, 0.25) is 0 Å². The second kappa shape index (κ2) is 8.13. The van der Waals surface area contributed by atoms with Crippen molar-refractivity contribution in [3.05, 3.63) is 24.3 Å². The van der Waals surface area contributed by atoms with Crippen molar-refractivity contribution in [2.45, 2.75) is 52.6 Å². The summed E-state index contributed by atoms with van der Waals surface area (Å²) in [5, 5.41) is 0. The van der Waals surface area contributed by atoms with Gasteiger partial charge in [-0.25, -0.2) is 9.97 Å². The van der Waals surface area contributed by atoms with Crippen LogP contribution in [0.2, 0.25) is 0 Å². The summed E-state index contributed by atoms with van der Waals surface area (Å²) >= 11 is 0. The molecule has 1 aliphatic rings. The van der Waals surface area contributed by atoms with Gasteiger partial charge in [-0.1, -0.05) is 38.8 Å². The van der Waals surface area contributed by atoms with Crippen molar-refractivity contribution < 1.29 is 0 Å². The SMILES string of the molecule is CCCCN1c2nc3ccccc3nc2N(CCCC)C1C.I. The number of fused-ring (bicyclic) bond motifs is 2. The first-order valence-corrected chi connectivity index (χ1v) is 8.56. The molecule has 3 rings (SSSR count). The first kappa shape index (κ1) is 18.2. The van der Waals surface area contributed by atoms with Crippen molar-refractivity contribution in [2.24, 2.45) is 0 Å². The second-order valence-corrected chi connectivity index (χ2v) is 6.09. The van der Waals surface area contributed by atoms with Gasteiger partial charge in [-0.3, -0.25) is 0 Å². The van der Waals surface area contributed by atoms with Crippen LogP contribution in [-0.2, 0) is 0 Å². The molecule has 0 fully saturated rings. The third-order valence-electron chi connectivity index (χ3n) is 4.49. The molecule has 4 nitrogen and oxygen atoms in total. The zero-order chi connectivity index (χ0) is 15.5. The third-order valence-corrected chi connectivity index (χ3v) is 4.49. The van der Waals surface area contributed by atoms with Gasteiger partial charge in [0.25, 0.3) is 0 Å². The summed E-state index contributed by atoms with van der Waals surface area (Å²) in [6, 6.07) is 8.18. The Balaban J connectivity index is 0.00000192. The van der Waals surface area contributed by atoms with Gasteiger partial charge in [-0.2, -0.15) is 0 Å². The van der Waals surface area contributed by atoms with E-state index in [1.807, 2.05) is 12.1 Å². The van der Waals surface area contributed by atoms with Gasteiger partial charge in [0.15, 0.2) is 11.6 Å². The fourth-order valence-electron chi connectivity index (χ4n) is 3.13. The lowest BCUT2D eigenvalue weighted by atomic mass is 10.3. The topological polar surface area (TPSA) is 32.3 Å². The number of hydrogen-bond donors (Lipinski definition) is 0. The van der Waals surface area contributed by atoms with E-state index in [0.717, 1.165) is 35.8 Å². The molecule has 0 atom stereocenters. The number of nitrogens with zero attached hydrogens (tertiary/aromatic N) is 4. The molecular weight excluding hydrogens is 399 g/mol. The number of anilines is 2. The predicted octanol–water partition coefficient (Wildman–Crippen LogP) is 4.82. The minimum absolute atomic E-state index is 0. The van der Waals surface area contributed by atoms with Gasteiger partial charge in [0.05, 0.1) is 11.0 Å². The summed E-state index contributed by atoms with van der Waals surface area (Å²) in [6.07, 6.45) is 5.15. The molecule has 0 spiro atoms. The van der Waals surface area contributed by atoms with Crippen molar-refractivity contribution in [2.75, 3.05) is 22.9 Å². The molecule has 1 aromatic heterocycles. The predicted molar refractivity (Wildman–Crippen MR) is 109 cm³/mol. The molecule has 1 aromatic carbocycles. The Morgan fingerprint density at radius 3 is 1.70 bits per heavy atom. The number of benzene rings is 1. The Morgan fingerprint density at radius 1 is 0.870 bits per heavy atom. The zero-order valence-corrected chi connectivity index (χ0v) is 16.7. The van der Waals surface area contributed by atoms with Crippen LogP contribution in [0.15, 0.2) is 24.3 Å². The standard InChI is InChI=1S/C18H26N4.HI/c1-4-6-12-21-14(3)22(13-7-5-2)18-17(21)19-15-10-8-9-11-16(15)20-18;/h8-11,14H,4-7,12-13H2,1-3H3;1H. The number of para-hydroxylation sites is 2. The van der Waals surface area contributed by atoms with Crippen LogP contribution >= 0.6 is 24.0 Å². The van der Waals surface area contributed by atoms with E-state index in [1.54, 1.807) is 0 Å². The molecule has 0 unspecified atom stereocenters. The minimum Gasteiger partial charge on any atom is -0.333 e. The van der Waals surface area contributed by atoms with E-state index in [9.17, 15) is 0 Å². The highest BCUT2D eigenvalue weighted by molar-refractivity contribution is 14.0. The molecule has 0 N–H and O–H groups in total. The van der Waals surface area contributed by atoms with E-state index >= 15 is 0 Å². The van der Waals surface area contributed by atoms with Crippen molar-refractivity contribution >= 4 is 46.6 Å². The summed E-state index contributed by atoms with van der Waals surface area (Å²) in [7, 11) is 0. The molecule has 1 aliphatic heterocycles. The van der Waals surface area contributed by atoms with Crippen molar-refractivity contribution in [1.82, 2.24) is 9.97 Å². The zero-order valence-electron chi connectivity index (χ0n) is 14.3. The van der Waals surface area contributed by atoms with E-state index < -0.39 is 0 Å². The molecule has 0 amide bonds. The Labute approximate surface area is 156 Å². The second-order valence-electron chi connectivity index (χ2n) is 6.09. The fraction of sp³-hybridized carbons (Fsp3) is 0.556. The van der Waals surface area contributed by atoms with Gasteiger partial charge in [0, 0.05) is 13.1 Å². The maximum Gasteiger partial charge on any atom is 0.174 e. The van der Waals surface area contributed by atoms with Gasteiger partial charge in [-0.05, 0) is 31.9 Å². The van der Waals surface area contributed by atoms with Crippen LogP contribution in [0.4, 0.5) is 11.6 Å². The van der Waals surface area contributed by atoms with Crippen LogP contribution in [0.1, 0.15) is 46.5 Å². The summed E-state index contributed by atoms with van der Waals surface area (Å²) < 4.78 is 0. The van der Waals surface area contributed by atoms with E-state index in [1.165, 1.54) is 25.7 Å². The van der Waals surface area contributed by atoms with Gasteiger partial charge in [0.1, 0.15) is 6.17 Å². The van der Waals surface area contributed by atoms with Crippen LogP contribution in [0, 0.1) is 0 Å². The minimum atomic E-state index is 0. The molecule has 0 saturated heterocycles. The largest absolute Gasteiger partial charge is 0.333 e. The normalized spacial score (nSPS) is 14.2. The molecule has 0 radical (unpaired) electrons. The first-order chi connectivity index (χ1) is 10.8. The third kappa shape index (κ3) is 3.54. The van der Waals surface area contributed by atoms with Crippen LogP contribution in [0.25, 0.3) is 11.0 Å². The molecule has 126 valence electrons. The monoisotopic (exact) mass is 426 g/mol. The quantitative estimate of drug-likeness (QED) is 0.620. The maximum absolute atomic E-state index is 4.92. The molecule has 2 aromatic rings. The molecule has 5 heteroatoms. The molecule has 0 bridgehead atoms. The van der Waals surface area contributed by atoms with E-state index in [4.69, 9.17) is 9.97 Å². The Kier molecular flexibility index (Phi) is 6.44. The number of halogens is 1. The van der Waals surface area contributed by atoms with Gasteiger partial charge >= 0.3 is 0 Å². The van der Waals surface area contributed by atoms with Crippen LogP contribution in [0.3, 0.4) is 0 Å². The molecule has 0 saturated carbocycles. The summed E-state index contributed by atoms with van der Waals surface area (Å²) in [5.74, 6) is 2.13. The lowest BCUT2D eigenvalue weighted by Crippen LogP contribution is -2.42. The average Bonchev–Trinajstić information content (AvgIpc) is 2.79. The average molecular weight is 426 g/mol. The van der Waals surface area contributed by atoms with Crippen LogP contribution in [0.5, 0.6) is 0 Å². The number of aromatic nitrogens is 2. The van der Waals surface area contributed by atoms with E-state index in [2.05, 4.69) is 42.7 Å². The first-order valence-electron chi connectivity index (χ1n) is 8.56. The van der Waals surface area contributed by atoms with Crippen molar-refractivity contribution in [3.63, 3.8) is 0 Å². The molecule has 23 heavy (non-hydrogen) atoms. The Bertz CT molecular complexity index is 591. The molecule has 2 heterocycles. The molecular formula is C18H27IN4. The van der Waals surface area contributed by atoms with Crippen LogP contribution < -0.4 is 9.80 Å². The highest BCUT2D eigenvalue weighted by Gasteiger charge is 2.34. The van der Waals surface area contributed by atoms with Crippen molar-refractivity contribution in [3.8, 4) is 0 Å². The number of hydrogen-bond acceptors (Lipinski definition) is 4. The maximum atomic E-state index is 4.92. The van der Waals surface area contributed by atoms with E-state index in [0.29, 0.717) is 6.17 Å². The van der Waals surface area contributed by atoms with Gasteiger partial charge in [-0.15, -0.1) is 24.0 Å². The lowest BCUT2D eigenvalue weighted by Gasteiger charge is -2.29. The smallest absolute Gasteiger partial charge is 0.174 e. The highest BCUT2D eigenvalue weighted by Crippen LogP contribution is 2.37. The highest BCUT2D eigenvalue weighted by atomic mass is 127. The fourth-order valence-corrected chi connectivity index (χ4v) is 3.13. The number of rotatable bonds is 6.